The average Bonchev–Trinajstić information content (AvgIpc) is 2.72. The molecule has 172 valence electrons. The maximum absolute atomic E-state index is 12.4. The predicted molar refractivity (Wildman–Crippen MR) is 131 cm³/mol. The Bertz CT molecular complexity index is 881. The summed E-state index contributed by atoms with van der Waals surface area (Å²) in [5, 5.41) is 12.0. The lowest BCUT2D eigenvalue weighted by atomic mass is 9.54. The molecule has 4 N–H and O–H groups in total. The molecule has 2 atom stereocenters. The van der Waals surface area contributed by atoms with Gasteiger partial charge in [-0.1, -0.05) is 50.2 Å². The second-order valence-corrected chi connectivity index (χ2v) is 9.65. The minimum atomic E-state index is -0.173. The van der Waals surface area contributed by atoms with E-state index in [0.29, 0.717) is 24.9 Å². The zero-order valence-corrected chi connectivity index (χ0v) is 20.1. The normalized spacial score (nSPS) is 18.9. The average molecular weight is 437 g/mol. The van der Waals surface area contributed by atoms with Crippen molar-refractivity contribution in [2.45, 2.75) is 48.0 Å². The summed E-state index contributed by atoms with van der Waals surface area (Å²) in [6.07, 6.45) is 0.973. The molecule has 3 rings (SSSR count). The standard InChI is InChI=1S/C26H36N4O2/c1-16-9-7-10-17(2)22(16)29-24(31)27-14-20-13-21(26(20,5)6)15-28-25(32)30-23-18(3)11-8-12-19(23)4/h7-12,20-21H,13-15H2,1-6H3,(H2,27,29,31)(H2,28,30,32). The fourth-order valence-corrected chi connectivity index (χ4v) is 4.59. The van der Waals surface area contributed by atoms with Gasteiger partial charge in [0.2, 0.25) is 0 Å². The molecule has 0 aromatic heterocycles. The Hall–Kier alpha value is -3.02. The smallest absolute Gasteiger partial charge is 0.319 e. The Morgan fingerprint density at radius 2 is 1.09 bits per heavy atom. The van der Waals surface area contributed by atoms with E-state index in [4.69, 9.17) is 0 Å². The Morgan fingerprint density at radius 3 is 1.41 bits per heavy atom. The van der Waals surface area contributed by atoms with Crippen molar-refractivity contribution in [2.75, 3.05) is 23.7 Å². The first kappa shape index (κ1) is 23.6. The number of amides is 4. The van der Waals surface area contributed by atoms with E-state index in [1.165, 1.54) is 0 Å². The molecular weight excluding hydrogens is 400 g/mol. The maximum Gasteiger partial charge on any atom is 0.319 e. The first-order valence-electron chi connectivity index (χ1n) is 11.3. The van der Waals surface area contributed by atoms with Crippen molar-refractivity contribution >= 4 is 23.4 Å². The van der Waals surface area contributed by atoms with Gasteiger partial charge < -0.3 is 21.3 Å². The third kappa shape index (κ3) is 5.23. The number of nitrogens with one attached hydrogen (secondary N) is 4. The van der Waals surface area contributed by atoms with E-state index in [-0.39, 0.29) is 17.5 Å². The summed E-state index contributed by atoms with van der Waals surface area (Å²) in [7, 11) is 0. The van der Waals surface area contributed by atoms with Gasteiger partial charge in [0.15, 0.2) is 0 Å². The fourth-order valence-electron chi connectivity index (χ4n) is 4.59. The number of rotatable bonds is 6. The first-order chi connectivity index (χ1) is 15.1. The lowest BCUT2D eigenvalue weighted by Gasteiger charge is -2.52. The highest BCUT2D eigenvalue weighted by Crippen LogP contribution is 2.50. The van der Waals surface area contributed by atoms with E-state index in [0.717, 1.165) is 40.0 Å². The van der Waals surface area contributed by atoms with Crippen molar-refractivity contribution in [3.63, 3.8) is 0 Å². The molecule has 0 radical (unpaired) electrons. The van der Waals surface area contributed by atoms with Crippen molar-refractivity contribution in [3.8, 4) is 0 Å². The Balaban J connectivity index is 1.44. The Kier molecular flexibility index (Phi) is 7.12. The molecule has 2 unspecified atom stereocenters. The van der Waals surface area contributed by atoms with E-state index >= 15 is 0 Å². The summed E-state index contributed by atoms with van der Waals surface area (Å²) in [4.78, 5) is 24.8. The minimum absolute atomic E-state index is 0.0394. The SMILES string of the molecule is Cc1cccc(C)c1NC(=O)NCC1CC(CNC(=O)Nc2c(C)cccc2C)C1(C)C. The molecule has 4 amide bonds. The molecule has 0 heterocycles. The Labute approximate surface area is 191 Å². The number of hydrogen-bond donors (Lipinski definition) is 4. The molecule has 0 bridgehead atoms. The fraction of sp³-hybridized carbons (Fsp3) is 0.462. The first-order valence-corrected chi connectivity index (χ1v) is 11.3. The van der Waals surface area contributed by atoms with E-state index in [9.17, 15) is 9.59 Å². The highest BCUT2D eigenvalue weighted by atomic mass is 16.2. The number of benzene rings is 2. The van der Waals surface area contributed by atoms with Gasteiger partial charge in [-0.15, -0.1) is 0 Å². The second kappa shape index (κ2) is 9.63. The van der Waals surface area contributed by atoms with Crippen LogP contribution in [-0.2, 0) is 0 Å². The number of urea groups is 2. The van der Waals surface area contributed by atoms with Gasteiger partial charge >= 0.3 is 12.1 Å². The van der Waals surface area contributed by atoms with Crippen LogP contribution in [0.1, 0.15) is 42.5 Å². The molecule has 1 aliphatic carbocycles. The van der Waals surface area contributed by atoms with Gasteiger partial charge in [0.05, 0.1) is 0 Å². The van der Waals surface area contributed by atoms with Crippen LogP contribution in [0.25, 0.3) is 0 Å². The lowest BCUT2D eigenvalue weighted by molar-refractivity contribution is -0.0142. The van der Waals surface area contributed by atoms with Crippen LogP contribution in [0.15, 0.2) is 36.4 Å². The molecule has 1 aliphatic rings. The summed E-state index contributed by atoms with van der Waals surface area (Å²) in [6.45, 7) is 13.6. The lowest BCUT2D eigenvalue weighted by Crippen LogP contribution is -2.54. The molecule has 0 saturated heterocycles. The van der Waals surface area contributed by atoms with Gasteiger partial charge in [-0.05, 0) is 73.6 Å². The molecule has 6 nitrogen and oxygen atoms in total. The molecule has 1 saturated carbocycles. The molecule has 6 heteroatoms. The summed E-state index contributed by atoms with van der Waals surface area (Å²) in [6, 6.07) is 11.6. The minimum Gasteiger partial charge on any atom is -0.338 e. The number of para-hydroxylation sites is 2. The summed E-state index contributed by atoms with van der Waals surface area (Å²) in [5.74, 6) is 0.749. The molecule has 32 heavy (non-hydrogen) atoms. The highest BCUT2D eigenvalue weighted by Gasteiger charge is 2.47. The van der Waals surface area contributed by atoms with E-state index < -0.39 is 0 Å². The summed E-state index contributed by atoms with van der Waals surface area (Å²) in [5.41, 5.74) is 5.98. The van der Waals surface area contributed by atoms with Crippen molar-refractivity contribution in [2.24, 2.45) is 17.3 Å². The van der Waals surface area contributed by atoms with Gasteiger partial charge in [0, 0.05) is 24.5 Å². The number of aryl methyl sites for hydroxylation is 4. The van der Waals surface area contributed by atoms with Crippen molar-refractivity contribution in [1.29, 1.82) is 0 Å². The van der Waals surface area contributed by atoms with Crippen LogP contribution in [0.5, 0.6) is 0 Å². The van der Waals surface area contributed by atoms with E-state index in [2.05, 4.69) is 35.1 Å². The van der Waals surface area contributed by atoms with Crippen LogP contribution in [0, 0.1) is 44.9 Å². The van der Waals surface area contributed by atoms with Crippen molar-refractivity contribution in [3.05, 3.63) is 58.7 Å². The number of carbonyl (C=O) groups excluding carboxylic acids is 2. The van der Waals surface area contributed by atoms with Gasteiger partial charge in [0.25, 0.3) is 0 Å². The molecule has 1 fully saturated rings. The van der Waals surface area contributed by atoms with Gasteiger partial charge in [-0.25, -0.2) is 9.59 Å². The molecular formula is C26H36N4O2. The topological polar surface area (TPSA) is 82.3 Å². The monoisotopic (exact) mass is 436 g/mol. The van der Waals surface area contributed by atoms with Gasteiger partial charge in [0.1, 0.15) is 0 Å². The Morgan fingerprint density at radius 1 is 0.750 bits per heavy atom. The van der Waals surface area contributed by atoms with Crippen molar-refractivity contribution in [1.82, 2.24) is 10.6 Å². The highest BCUT2D eigenvalue weighted by molar-refractivity contribution is 5.91. The largest absolute Gasteiger partial charge is 0.338 e. The van der Waals surface area contributed by atoms with Crippen LogP contribution in [0.4, 0.5) is 21.0 Å². The van der Waals surface area contributed by atoms with E-state index in [1.807, 2.05) is 64.1 Å². The zero-order chi connectivity index (χ0) is 23.5. The third-order valence-electron chi connectivity index (χ3n) is 7.13. The number of anilines is 2. The molecule has 2 aromatic rings. The van der Waals surface area contributed by atoms with Crippen LogP contribution in [0.2, 0.25) is 0 Å². The number of carbonyl (C=O) groups is 2. The van der Waals surface area contributed by atoms with Crippen LogP contribution in [-0.4, -0.2) is 25.2 Å². The van der Waals surface area contributed by atoms with Crippen LogP contribution in [0.3, 0.4) is 0 Å². The maximum atomic E-state index is 12.4. The van der Waals surface area contributed by atoms with Crippen molar-refractivity contribution < 1.29 is 9.59 Å². The summed E-state index contributed by atoms with van der Waals surface area (Å²) < 4.78 is 0. The predicted octanol–water partition coefficient (Wildman–Crippen LogP) is 5.53. The second-order valence-electron chi connectivity index (χ2n) is 9.65. The zero-order valence-electron chi connectivity index (χ0n) is 20.1. The molecule has 2 aromatic carbocycles. The van der Waals surface area contributed by atoms with Gasteiger partial charge in [-0.3, -0.25) is 0 Å². The van der Waals surface area contributed by atoms with E-state index in [1.54, 1.807) is 0 Å². The van der Waals surface area contributed by atoms with Gasteiger partial charge in [-0.2, -0.15) is 0 Å². The third-order valence-corrected chi connectivity index (χ3v) is 7.13. The summed E-state index contributed by atoms with van der Waals surface area (Å²) >= 11 is 0. The quantitative estimate of drug-likeness (QED) is 0.480. The van der Waals surface area contributed by atoms with Crippen LogP contribution >= 0.6 is 0 Å². The molecule has 0 aliphatic heterocycles. The number of hydrogen-bond acceptors (Lipinski definition) is 2. The van der Waals surface area contributed by atoms with Crippen LogP contribution < -0.4 is 21.3 Å². The molecule has 0 spiro atoms.